The van der Waals surface area contributed by atoms with Crippen molar-refractivity contribution in [3.63, 3.8) is 0 Å². The first-order valence-corrected chi connectivity index (χ1v) is 7.92. The van der Waals surface area contributed by atoms with Crippen molar-refractivity contribution in [2.45, 2.75) is 18.2 Å². The van der Waals surface area contributed by atoms with Crippen molar-refractivity contribution in [2.24, 2.45) is 11.7 Å². The Bertz CT molecular complexity index is 846. The molecule has 4 atom stereocenters. The smallest absolute Gasteiger partial charge is 0.200 e. The van der Waals surface area contributed by atoms with E-state index in [1.54, 1.807) is 24.5 Å². The third-order valence-electron chi connectivity index (χ3n) is 4.75. The fraction of sp³-hybridized carbons (Fsp3) is 0.222. The Hall–Kier alpha value is -2.95. The first kappa shape index (κ1) is 15.6. The van der Waals surface area contributed by atoms with Crippen LogP contribution in [0, 0.1) is 23.1 Å². The maximum Gasteiger partial charge on any atom is 0.200 e. The van der Waals surface area contributed by atoms with E-state index in [0.29, 0.717) is 5.57 Å². The lowest BCUT2D eigenvalue weighted by Crippen LogP contribution is -2.40. The van der Waals surface area contributed by atoms with Gasteiger partial charge in [-0.3, -0.25) is 4.98 Å². The van der Waals surface area contributed by atoms with Gasteiger partial charge in [-0.25, -0.2) is 15.2 Å². The number of nitrogens with zero attached hydrogens (tertiary/aromatic N) is 2. The van der Waals surface area contributed by atoms with E-state index in [4.69, 9.17) is 10.5 Å². The minimum Gasteiger partial charge on any atom is -0.458 e. The molecule has 6 nitrogen and oxygen atoms in total. The quantitative estimate of drug-likeness (QED) is 0.774. The number of hydrogen-bond acceptors (Lipinski definition) is 6. The van der Waals surface area contributed by atoms with Gasteiger partial charge in [0, 0.05) is 24.2 Å². The number of halogens is 1. The first-order chi connectivity index (χ1) is 12.2. The van der Waals surface area contributed by atoms with Gasteiger partial charge < -0.3 is 10.5 Å². The topological polar surface area (TPSA) is 96.0 Å². The highest BCUT2D eigenvalue weighted by Crippen LogP contribution is 2.47. The maximum absolute atomic E-state index is 13.4. The summed E-state index contributed by atoms with van der Waals surface area (Å²) in [6.45, 7) is 0. The van der Waals surface area contributed by atoms with E-state index in [0.717, 1.165) is 11.1 Å². The molecule has 2 aliphatic rings. The SMILES string of the molecule is N#CC1=C(N)OC2NNC(c3ccncc3)C2C1c1ccc(F)cc1. The van der Waals surface area contributed by atoms with Crippen molar-refractivity contribution in [3.8, 4) is 6.07 Å². The van der Waals surface area contributed by atoms with Gasteiger partial charge in [-0.2, -0.15) is 5.26 Å². The second kappa shape index (κ2) is 6.16. The van der Waals surface area contributed by atoms with Crippen LogP contribution in [0.15, 0.2) is 60.2 Å². The Labute approximate surface area is 144 Å². The number of hydrazine groups is 1. The van der Waals surface area contributed by atoms with Crippen LogP contribution in [0.25, 0.3) is 0 Å². The molecule has 0 bridgehead atoms. The molecular formula is C18H16FN5O. The number of rotatable bonds is 2. The van der Waals surface area contributed by atoms with Gasteiger partial charge in [-0.15, -0.1) is 0 Å². The average Bonchev–Trinajstić information content (AvgIpc) is 3.05. The van der Waals surface area contributed by atoms with E-state index in [1.165, 1.54) is 12.1 Å². The number of pyridine rings is 1. The van der Waals surface area contributed by atoms with Crippen LogP contribution in [0.4, 0.5) is 4.39 Å². The standard InChI is InChI=1S/C18H16FN5O/c19-12-3-1-10(2-4-12)14-13(9-20)17(21)25-18-15(14)16(23-24-18)11-5-7-22-8-6-11/h1-8,14-16,18,23-24H,21H2. The monoisotopic (exact) mass is 337 g/mol. The minimum absolute atomic E-state index is 0.0998. The molecule has 2 aliphatic heterocycles. The number of nitrogens with two attached hydrogens (primary N) is 1. The average molecular weight is 337 g/mol. The van der Waals surface area contributed by atoms with Gasteiger partial charge in [0.15, 0.2) is 6.23 Å². The fourth-order valence-corrected chi connectivity index (χ4v) is 3.62. The number of nitrogens with one attached hydrogen (secondary N) is 2. The van der Waals surface area contributed by atoms with E-state index in [9.17, 15) is 9.65 Å². The van der Waals surface area contributed by atoms with Crippen molar-refractivity contribution in [1.29, 1.82) is 5.26 Å². The molecule has 7 heteroatoms. The van der Waals surface area contributed by atoms with Crippen LogP contribution in [-0.4, -0.2) is 11.2 Å². The molecule has 1 aromatic heterocycles. The van der Waals surface area contributed by atoms with E-state index < -0.39 is 6.23 Å². The zero-order valence-corrected chi connectivity index (χ0v) is 13.2. The molecule has 0 amide bonds. The summed E-state index contributed by atoms with van der Waals surface area (Å²) in [5, 5.41) is 9.63. The zero-order valence-electron chi connectivity index (χ0n) is 13.2. The predicted molar refractivity (Wildman–Crippen MR) is 87.6 cm³/mol. The summed E-state index contributed by atoms with van der Waals surface area (Å²) in [6.07, 6.45) is 3.04. The van der Waals surface area contributed by atoms with Crippen molar-refractivity contribution in [2.75, 3.05) is 0 Å². The summed E-state index contributed by atoms with van der Waals surface area (Å²) in [4.78, 5) is 4.05. The number of aromatic nitrogens is 1. The number of allylic oxidation sites excluding steroid dienone is 1. The van der Waals surface area contributed by atoms with E-state index in [2.05, 4.69) is 21.9 Å². The van der Waals surface area contributed by atoms with Crippen molar-refractivity contribution in [1.82, 2.24) is 15.8 Å². The molecule has 2 aromatic rings. The molecule has 4 N–H and O–H groups in total. The van der Waals surface area contributed by atoms with Gasteiger partial charge >= 0.3 is 0 Å². The fourth-order valence-electron chi connectivity index (χ4n) is 3.62. The molecule has 126 valence electrons. The van der Waals surface area contributed by atoms with Gasteiger partial charge in [0.2, 0.25) is 5.88 Å². The second-order valence-electron chi connectivity index (χ2n) is 6.08. The Balaban J connectivity index is 1.82. The Morgan fingerprint density at radius 2 is 1.80 bits per heavy atom. The van der Waals surface area contributed by atoms with Crippen LogP contribution in [0.3, 0.4) is 0 Å². The maximum atomic E-state index is 13.4. The molecule has 1 saturated heterocycles. The zero-order chi connectivity index (χ0) is 17.4. The second-order valence-corrected chi connectivity index (χ2v) is 6.08. The molecule has 4 rings (SSSR count). The largest absolute Gasteiger partial charge is 0.458 e. The van der Waals surface area contributed by atoms with Gasteiger partial charge in [0.1, 0.15) is 11.9 Å². The van der Waals surface area contributed by atoms with E-state index >= 15 is 0 Å². The summed E-state index contributed by atoms with van der Waals surface area (Å²) in [7, 11) is 0. The summed E-state index contributed by atoms with van der Waals surface area (Å²) in [6, 6.07) is 12.0. The van der Waals surface area contributed by atoms with Crippen molar-refractivity contribution in [3.05, 3.63) is 77.2 Å². The van der Waals surface area contributed by atoms with Gasteiger partial charge in [0.05, 0.1) is 11.6 Å². The molecule has 0 radical (unpaired) electrons. The Morgan fingerprint density at radius 3 is 2.48 bits per heavy atom. The number of nitriles is 1. The van der Waals surface area contributed by atoms with Gasteiger partial charge in [0.25, 0.3) is 0 Å². The highest BCUT2D eigenvalue weighted by Gasteiger charge is 2.49. The number of hydrogen-bond donors (Lipinski definition) is 3. The van der Waals surface area contributed by atoms with Crippen molar-refractivity contribution >= 4 is 0 Å². The molecule has 1 fully saturated rings. The predicted octanol–water partition coefficient (Wildman–Crippen LogP) is 1.82. The normalized spacial score (nSPS) is 28.2. The van der Waals surface area contributed by atoms with E-state index in [1.807, 2.05) is 12.1 Å². The van der Waals surface area contributed by atoms with Crippen LogP contribution >= 0.6 is 0 Å². The number of ether oxygens (including phenoxy) is 1. The van der Waals surface area contributed by atoms with Crippen LogP contribution < -0.4 is 16.6 Å². The molecule has 0 aliphatic carbocycles. The molecule has 4 unspecified atom stereocenters. The molecule has 0 saturated carbocycles. The number of benzene rings is 1. The van der Waals surface area contributed by atoms with Crippen LogP contribution in [0.2, 0.25) is 0 Å². The molecular weight excluding hydrogens is 321 g/mol. The Morgan fingerprint density at radius 1 is 1.08 bits per heavy atom. The Kier molecular flexibility index (Phi) is 3.84. The lowest BCUT2D eigenvalue weighted by Gasteiger charge is -2.35. The summed E-state index contributed by atoms with van der Waals surface area (Å²) in [5.41, 5.74) is 14.5. The molecule has 0 spiro atoms. The summed E-state index contributed by atoms with van der Waals surface area (Å²) < 4.78 is 19.1. The molecule has 3 heterocycles. The minimum atomic E-state index is -0.398. The van der Waals surface area contributed by atoms with Gasteiger partial charge in [-0.05, 0) is 35.4 Å². The van der Waals surface area contributed by atoms with Crippen LogP contribution in [0.1, 0.15) is 23.1 Å². The lowest BCUT2D eigenvalue weighted by atomic mass is 9.74. The molecule has 1 aromatic carbocycles. The highest BCUT2D eigenvalue weighted by molar-refractivity contribution is 5.42. The van der Waals surface area contributed by atoms with Crippen LogP contribution in [0.5, 0.6) is 0 Å². The summed E-state index contributed by atoms with van der Waals surface area (Å²) in [5.74, 6) is -0.668. The highest BCUT2D eigenvalue weighted by atomic mass is 19.1. The number of fused-ring (bicyclic) bond motifs is 1. The third-order valence-corrected chi connectivity index (χ3v) is 4.75. The summed E-state index contributed by atoms with van der Waals surface area (Å²) >= 11 is 0. The third kappa shape index (κ3) is 2.61. The van der Waals surface area contributed by atoms with Gasteiger partial charge in [-0.1, -0.05) is 12.1 Å². The lowest BCUT2D eigenvalue weighted by molar-refractivity contribution is 0.0340. The van der Waals surface area contributed by atoms with Crippen LogP contribution in [-0.2, 0) is 4.74 Å². The van der Waals surface area contributed by atoms with Crippen molar-refractivity contribution < 1.29 is 9.13 Å². The first-order valence-electron chi connectivity index (χ1n) is 7.92. The van der Waals surface area contributed by atoms with E-state index in [-0.39, 0.29) is 29.6 Å². The molecule has 25 heavy (non-hydrogen) atoms.